The summed E-state index contributed by atoms with van der Waals surface area (Å²) in [7, 11) is 2.29. The van der Waals surface area contributed by atoms with E-state index >= 15 is 0 Å². The van der Waals surface area contributed by atoms with Crippen LogP contribution in [-0.2, 0) is 0 Å². The predicted octanol–water partition coefficient (Wildman–Crippen LogP) is 1.81. The van der Waals surface area contributed by atoms with Gasteiger partial charge in [0.1, 0.15) is 0 Å². The molecule has 1 rings (SSSR count). The molecule has 0 radical (unpaired) electrons. The van der Waals surface area contributed by atoms with Crippen molar-refractivity contribution in [3.8, 4) is 0 Å². The van der Waals surface area contributed by atoms with Gasteiger partial charge in [0.15, 0.2) is 0 Å². The Morgan fingerprint density at radius 1 is 1.36 bits per heavy atom. The molecule has 1 heterocycles. The highest BCUT2D eigenvalue weighted by molar-refractivity contribution is 7.99. The second-order valence-electron chi connectivity index (χ2n) is 4.14. The van der Waals surface area contributed by atoms with E-state index in [0.29, 0.717) is 0 Å². The fraction of sp³-hybridized carbons (Fsp3) is 1.00. The number of thioether (sulfide) groups is 1. The van der Waals surface area contributed by atoms with Gasteiger partial charge in [-0.05, 0) is 26.1 Å². The molecule has 2 unspecified atom stereocenters. The average Bonchev–Trinajstić information content (AvgIpc) is 2.67. The van der Waals surface area contributed by atoms with Crippen molar-refractivity contribution >= 4 is 11.8 Å². The third kappa shape index (κ3) is 2.65. The minimum absolute atomic E-state index is 0.731. The Bertz CT molecular complexity index is 159. The minimum atomic E-state index is 0.731. The number of nitrogens with zero attached hydrogens (tertiary/aromatic N) is 1. The summed E-state index contributed by atoms with van der Waals surface area (Å²) in [6.07, 6.45) is 4.76. The Hall–Kier alpha value is 0.270. The molecular weight excluding hydrogens is 192 g/mol. The Morgan fingerprint density at radius 3 is 2.50 bits per heavy atom. The van der Waals surface area contributed by atoms with Gasteiger partial charge in [-0.2, -0.15) is 11.8 Å². The zero-order chi connectivity index (χ0) is 10.6. The zero-order valence-electron chi connectivity index (χ0n) is 9.92. The first kappa shape index (κ1) is 12.3. The molecule has 0 spiro atoms. The van der Waals surface area contributed by atoms with Gasteiger partial charge in [0.25, 0.3) is 0 Å². The molecule has 1 N–H and O–H groups in total. The minimum Gasteiger partial charge on any atom is -0.314 e. The van der Waals surface area contributed by atoms with Crippen LogP contribution in [0.5, 0.6) is 0 Å². The van der Waals surface area contributed by atoms with Gasteiger partial charge >= 0.3 is 0 Å². The van der Waals surface area contributed by atoms with E-state index in [1.165, 1.54) is 25.9 Å². The lowest BCUT2D eigenvalue weighted by Crippen LogP contribution is -2.45. The van der Waals surface area contributed by atoms with Crippen LogP contribution in [0.1, 0.15) is 26.7 Å². The standard InChI is InChI=1S/C11H24N2S/c1-5-9(6-2)13(3)10-7-12-8-11(10)14-4/h9-12H,5-8H2,1-4H3. The van der Waals surface area contributed by atoms with Crippen LogP contribution in [-0.4, -0.2) is 48.6 Å². The third-order valence-electron chi connectivity index (χ3n) is 3.47. The first-order valence-corrected chi connectivity index (χ1v) is 6.98. The lowest BCUT2D eigenvalue weighted by atomic mass is 10.1. The van der Waals surface area contributed by atoms with Crippen molar-refractivity contribution < 1.29 is 0 Å². The summed E-state index contributed by atoms with van der Waals surface area (Å²) < 4.78 is 0. The highest BCUT2D eigenvalue weighted by atomic mass is 32.2. The van der Waals surface area contributed by atoms with Crippen LogP contribution in [0.3, 0.4) is 0 Å². The van der Waals surface area contributed by atoms with E-state index in [2.05, 4.69) is 37.4 Å². The molecule has 0 aromatic rings. The molecule has 84 valence electrons. The Morgan fingerprint density at radius 2 is 2.00 bits per heavy atom. The number of hydrogen-bond donors (Lipinski definition) is 1. The summed E-state index contributed by atoms with van der Waals surface area (Å²) in [6, 6.07) is 1.49. The molecule has 1 aliphatic rings. The van der Waals surface area contributed by atoms with Crippen molar-refractivity contribution in [2.45, 2.75) is 44.0 Å². The molecule has 1 fully saturated rings. The molecule has 3 heteroatoms. The highest BCUT2D eigenvalue weighted by Gasteiger charge is 2.31. The average molecular weight is 216 g/mol. The SMILES string of the molecule is CCC(CC)N(C)C1CNCC1SC. The van der Waals surface area contributed by atoms with E-state index in [1.54, 1.807) is 0 Å². The molecule has 0 amide bonds. The number of likely N-dealkylation sites (N-methyl/N-ethyl adjacent to an activating group) is 1. The third-order valence-corrected chi connectivity index (χ3v) is 4.56. The molecule has 0 aromatic carbocycles. The molecule has 2 nitrogen and oxygen atoms in total. The summed E-state index contributed by atoms with van der Waals surface area (Å²) in [5.41, 5.74) is 0. The van der Waals surface area contributed by atoms with Gasteiger partial charge < -0.3 is 5.32 Å². The molecule has 1 saturated heterocycles. The summed E-state index contributed by atoms with van der Waals surface area (Å²) in [5, 5.41) is 4.27. The smallest absolute Gasteiger partial charge is 0.0351 e. The Balaban J connectivity index is 2.53. The molecular formula is C11H24N2S. The van der Waals surface area contributed by atoms with Gasteiger partial charge in [0.05, 0.1) is 0 Å². The lowest BCUT2D eigenvalue weighted by molar-refractivity contribution is 0.177. The van der Waals surface area contributed by atoms with Gasteiger partial charge in [-0.15, -0.1) is 0 Å². The molecule has 1 aliphatic heterocycles. The second-order valence-corrected chi connectivity index (χ2v) is 5.21. The highest BCUT2D eigenvalue weighted by Crippen LogP contribution is 2.22. The van der Waals surface area contributed by atoms with Crippen LogP contribution in [0.4, 0.5) is 0 Å². The van der Waals surface area contributed by atoms with Crippen molar-refractivity contribution in [1.29, 1.82) is 0 Å². The van der Waals surface area contributed by atoms with Crippen LogP contribution >= 0.6 is 11.8 Å². The molecule has 2 atom stereocenters. The van der Waals surface area contributed by atoms with Gasteiger partial charge in [0.2, 0.25) is 0 Å². The largest absolute Gasteiger partial charge is 0.314 e. The normalized spacial score (nSPS) is 27.9. The summed E-state index contributed by atoms with van der Waals surface area (Å²) in [5.74, 6) is 0. The predicted molar refractivity (Wildman–Crippen MR) is 66.1 cm³/mol. The van der Waals surface area contributed by atoms with Crippen molar-refractivity contribution in [1.82, 2.24) is 10.2 Å². The van der Waals surface area contributed by atoms with E-state index in [4.69, 9.17) is 0 Å². The summed E-state index contributed by atoms with van der Waals surface area (Å²) >= 11 is 2.00. The topological polar surface area (TPSA) is 15.3 Å². The van der Waals surface area contributed by atoms with Gasteiger partial charge in [0, 0.05) is 30.4 Å². The van der Waals surface area contributed by atoms with Crippen LogP contribution in [0, 0.1) is 0 Å². The van der Waals surface area contributed by atoms with Gasteiger partial charge in [-0.1, -0.05) is 13.8 Å². The van der Waals surface area contributed by atoms with Gasteiger partial charge in [-0.3, -0.25) is 4.90 Å². The maximum atomic E-state index is 3.49. The summed E-state index contributed by atoms with van der Waals surface area (Å²) in [6.45, 7) is 6.93. The van der Waals surface area contributed by atoms with E-state index in [0.717, 1.165) is 17.3 Å². The Kier molecular flexibility index (Phi) is 5.28. The summed E-state index contributed by atoms with van der Waals surface area (Å²) in [4.78, 5) is 2.58. The first-order valence-electron chi connectivity index (χ1n) is 5.70. The van der Waals surface area contributed by atoms with Crippen LogP contribution < -0.4 is 5.32 Å². The first-order chi connectivity index (χ1) is 6.74. The molecule has 0 aromatic heterocycles. The van der Waals surface area contributed by atoms with E-state index in [1.807, 2.05) is 11.8 Å². The van der Waals surface area contributed by atoms with E-state index in [-0.39, 0.29) is 0 Å². The van der Waals surface area contributed by atoms with Crippen molar-refractivity contribution in [3.05, 3.63) is 0 Å². The zero-order valence-corrected chi connectivity index (χ0v) is 10.7. The van der Waals surface area contributed by atoms with Crippen LogP contribution in [0.15, 0.2) is 0 Å². The van der Waals surface area contributed by atoms with Crippen LogP contribution in [0.2, 0.25) is 0 Å². The van der Waals surface area contributed by atoms with Crippen molar-refractivity contribution in [2.75, 3.05) is 26.4 Å². The van der Waals surface area contributed by atoms with Crippen molar-refractivity contribution in [3.63, 3.8) is 0 Å². The molecule has 0 bridgehead atoms. The monoisotopic (exact) mass is 216 g/mol. The Labute approximate surface area is 92.8 Å². The maximum Gasteiger partial charge on any atom is 0.0351 e. The number of hydrogen-bond acceptors (Lipinski definition) is 3. The van der Waals surface area contributed by atoms with Crippen LogP contribution in [0.25, 0.3) is 0 Å². The van der Waals surface area contributed by atoms with E-state index in [9.17, 15) is 0 Å². The van der Waals surface area contributed by atoms with E-state index < -0.39 is 0 Å². The van der Waals surface area contributed by atoms with Crippen molar-refractivity contribution in [2.24, 2.45) is 0 Å². The fourth-order valence-electron chi connectivity index (χ4n) is 2.42. The van der Waals surface area contributed by atoms with Gasteiger partial charge in [-0.25, -0.2) is 0 Å². The number of nitrogens with one attached hydrogen (secondary N) is 1. The maximum absolute atomic E-state index is 3.49. The molecule has 14 heavy (non-hydrogen) atoms. The second kappa shape index (κ2) is 5.99. The number of rotatable bonds is 5. The lowest BCUT2D eigenvalue weighted by Gasteiger charge is -2.34. The molecule has 0 saturated carbocycles. The fourth-order valence-corrected chi connectivity index (χ4v) is 3.31. The quantitative estimate of drug-likeness (QED) is 0.754. The molecule has 0 aliphatic carbocycles.